The molecule has 0 amide bonds. The lowest BCUT2D eigenvalue weighted by Crippen LogP contribution is -2.45. The van der Waals surface area contributed by atoms with Crippen molar-refractivity contribution in [2.75, 3.05) is 19.6 Å². The molecule has 1 N–H and O–H groups in total. The SMILES string of the molecule is CCNCCCC(C)N1CCC(C)CC1C. The van der Waals surface area contributed by atoms with Crippen LogP contribution in [0, 0.1) is 5.92 Å². The predicted octanol–water partition coefficient (Wildman–Crippen LogP) is 2.89. The second kappa shape index (κ2) is 7.29. The zero-order valence-corrected chi connectivity index (χ0v) is 11.6. The van der Waals surface area contributed by atoms with Gasteiger partial charge in [-0.2, -0.15) is 0 Å². The second-order valence-electron chi connectivity index (χ2n) is 5.56. The Morgan fingerprint density at radius 3 is 2.75 bits per heavy atom. The summed E-state index contributed by atoms with van der Waals surface area (Å²) >= 11 is 0. The smallest absolute Gasteiger partial charge is 0.00722 e. The summed E-state index contributed by atoms with van der Waals surface area (Å²) in [6.45, 7) is 13.0. The summed E-state index contributed by atoms with van der Waals surface area (Å²) in [7, 11) is 0. The van der Waals surface area contributed by atoms with Gasteiger partial charge in [-0.15, -0.1) is 0 Å². The van der Waals surface area contributed by atoms with E-state index >= 15 is 0 Å². The molecule has 0 radical (unpaired) electrons. The maximum absolute atomic E-state index is 3.41. The van der Waals surface area contributed by atoms with Crippen molar-refractivity contribution >= 4 is 0 Å². The van der Waals surface area contributed by atoms with Gasteiger partial charge < -0.3 is 5.32 Å². The van der Waals surface area contributed by atoms with Crippen molar-refractivity contribution in [3.8, 4) is 0 Å². The number of nitrogens with one attached hydrogen (secondary N) is 1. The lowest BCUT2D eigenvalue weighted by molar-refractivity contribution is 0.0845. The Kier molecular flexibility index (Phi) is 6.37. The van der Waals surface area contributed by atoms with Crippen LogP contribution in [0.5, 0.6) is 0 Å². The van der Waals surface area contributed by atoms with E-state index in [2.05, 4.69) is 37.9 Å². The summed E-state index contributed by atoms with van der Waals surface area (Å²) in [4.78, 5) is 2.71. The van der Waals surface area contributed by atoms with E-state index in [4.69, 9.17) is 0 Å². The number of rotatable bonds is 6. The van der Waals surface area contributed by atoms with Crippen molar-refractivity contribution in [1.29, 1.82) is 0 Å². The molecule has 0 saturated carbocycles. The summed E-state index contributed by atoms with van der Waals surface area (Å²) in [5.74, 6) is 0.931. The van der Waals surface area contributed by atoms with Crippen LogP contribution in [-0.4, -0.2) is 36.6 Å². The standard InChI is InChI=1S/C14H30N2/c1-5-15-9-6-7-13(3)16-10-8-12(2)11-14(16)4/h12-15H,5-11H2,1-4H3. The molecule has 0 aliphatic carbocycles. The molecule has 3 unspecified atom stereocenters. The Bertz CT molecular complexity index is 182. The molecule has 96 valence electrons. The fourth-order valence-electron chi connectivity index (χ4n) is 2.95. The first-order valence-electron chi connectivity index (χ1n) is 7.11. The lowest BCUT2D eigenvalue weighted by Gasteiger charge is -2.40. The van der Waals surface area contributed by atoms with E-state index in [0.717, 1.165) is 24.5 Å². The molecule has 1 fully saturated rings. The number of hydrogen-bond donors (Lipinski definition) is 1. The van der Waals surface area contributed by atoms with Crippen LogP contribution in [0.1, 0.15) is 53.4 Å². The maximum Gasteiger partial charge on any atom is 0.00722 e. The molecule has 2 heteroatoms. The largest absolute Gasteiger partial charge is 0.317 e. The van der Waals surface area contributed by atoms with Gasteiger partial charge in [-0.1, -0.05) is 13.8 Å². The molecule has 1 rings (SSSR count). The van der Waals surface area contributed by atoms with Gasteiger partial charge in [0.15, 0.2) is 0 Å². The molecule has 0 aromatic carbocycles. The Hall–Kier alpha value is -0.0800. The highest BCUT2D eigenvalue weighted by Gasteiger charge is 2.25. The van der Waals surface area contributed by atoms with E-state index in [9.17, 15) is 0 Å². The van der Waals surface area contributed by atoms with E-state index in [1.165, 1.54) is 38.8 Å². The molecule has 3 atom stereocenters. The molecule has 1 heterocycles. The van der Waals surface area contributed by atoms with Crippen LogP contribution in [0.3, 0.4) is 0 Å². The van der Waals surface area contributed by atoms with Crippen molar-refractivity contribution in [2.45, 2.75) is 65.5 Å². The van der Waals surface area contributed by atoms with Crippen LogP contribution in [0.4, 0.5) is 0 Å². The number of hydrogen-bond acceptors (Lipinski definition) is 2. The lowest BCUT2D eigenvalue weighted by atomic mass is 9.91. The number of piperidine rings is 1. The predicted molar refractivity (Wildman–Crippen MR) is 71.8 cm³/mol. The summed E-state index contributed by atoms with van der Waals surface area (Å²) in [5, 5.41) is 3.41. The Labute approximate surface area is 102 Å². The van der Waals surface area contributed by atoms with Crippen molar-refractivity contribution in [3.05, 3.63) is 0 Å². The molecular formula is C14H30N2. The monoisotopic (exact) mass is 226 g/mol. The summed E-state index contributed by atoms with van der Waals surface area (Å²) in [6.07, 6.45) is 5.43. The van der Waals surface area contributed by atoms with Gasteiger partial charge in [-0.3, -0.25) is 4.90 Å². The van der Waals surface area contributed by atoms with Gasteiger partial charge in [0.25, 0.3) is 0 Å². The van der Waals surface area contributed by atoms with Crippen molar-refractivity contribution in [1.82, 2.24) is 10.2 Å². The fraction of sp³-hybridized carbons (Fsp3) is 1.00. The first-order valence-corrected chi connectivity index (χ1v) is 7.11. The zero-order chi connectivity index (χ0) is 12.0. The van der Waals surface area contributed by atoms with Crippen molar-refractivity contribution < 1.29 is 0 Å². The highest BCUT2D eigenvalue weighted by molar-refractivity contribution is 4.80. The van der Waals surface area contributed by atoms with Crippen molar-refractivity contribution in [2.24, 2.45) is 5.92 Å². The molecule has 2 nitrogen and oxygen atoms in total. The first-order chi connectivity index (χ1) is 7.65. The van der Waals surface area contributed by atoms with Crippen molar-refractivity contribution in [3.63, 3.8) is 0 Å². The summed E-state index contributed by atoms with van der Waals surface area (Å²) in [6, 6.07) is 1.55. The molecule has 0 aromatic heterocycles. The van der Waals surface area contributed by atoms with Crippen LogP contribution < -0.4 is 5.32 Å². The second-order valence-corrected chi connectivity index (χ2v) is 5.56. The van der Waals surface area contributed by atoms with Gasteiger partial charge in [0.05, 0.1) is 0 Å². The molecule has 0 aromatic rings. The number of nitrogens with zero attached hydrogens (tertiary/aromatic N) is 1. The normalized spacial score (nSPS) is 29.2. The van der Waals surface area contributed by atoms with Crippen LogP contribution in [0.25, 0.3) is 0 Å². The van der Waals surface area contributed by atoms with Crippen LogP contribution in [0.15, 0.2) is 0 Å². The maximum atomic E-state index is 3.41. The highest BCUT2D eigenvalue weighted by Crippen LogP contribution is 2.25. The molecule has 1 aliphatic heterocycles. The van der Waals surface area contributed by atoms with E-state index in [1.807, 2.05) is 0 Å². The first kappa shape index (κ1) is 14.0. The van der Waals surface area contributed by atoms with Gasteiger partial charge in [0.1, 0.15) is 0 Å². The van der Waals surface area contributed by atoms with Crippen LogP contribution >= 0.6 is 0 Å². The average Bonchev–Trinajstić information content (AvgIpc) is 2.24. The van der Waals surface area contributed by atoms with E-state index < -0.39 is 0 Å². The van der Waals surface area contributed by atoms with Crippen LogP contribution in [0.2, 0.25) is 0 Å². The molecule has 0 bridgehead atoms. The third kappa shape index (κ3) is 4.42. The zero-order valence-electron chi connectivity index (χ0n) is 11.6. The Balaban J connectivity index is 2.22. The van der Waals surface area contributed by atoms with Gasteiger partial charge in [-0.25, -0.2) is 0 Å². The minimum Gasteiger partial charge on any atom is -0.317 e. The Morgan fingerprint density at radius 1 is 1.38 bits per heavy atom. The summed E-state index contributed by atoms with van der Waals surface area (Å²) in [5.41, 5.74) is 0. The number of likely N-dealkylation sites (tertiary alicyclic amines) is 1. The fourth-order valence-corrected chi connectivity index (χ4v) is 2.95. The topological polar surface area (TPSA) is 15.3 Å². The summed E-state index contributed by atoms with van der Waals surface area (Å²) < 4.78 is 0. The molecular weight excluding hydrogens is 196 g/mol. The van der Waals surface area contributed by atoms with E-state index in [1.54, 1.807) is 0 Å². The third-order valence-corrected chi connectivity index (χ3v) is 3.98. The molecule has 1 saturated heterocycles. The van der Waals surface area contributed by atoms with E-state index in [-0.39, 0.29) is 0 Å². The molecule has 1 aliphatic rings. The highest BCUT2D eigenvalue weighted by atomic mass is 15.2. The van der Waals surface area contributed by atoms with E-state index in [0.29, 0.717) is 0 Å². The minimum absolute atomic E-state index is 0.765. The van der Waals surface area contributed by atoms with Gasteiger partial charge in [0, 0.05) is 12.1 Å². The molecule has 0 spiro atoms. The Morgan fingerprint density at radius 2 is 2.12 bits per heavy atom. The van der Waals surface area contributed by atoms with Gasteiger partial charge in [-0.05, 0) is 65.1 Å². The quantitative estimate of drug-likeness (QED) is 0.701. The molecule has 16 heavy (non-hydrogen) atoms. The minimum atomic E-state index is 0.765. The third-order valence-electron chi connectivity index (χ3n) is 3.98. The average molecular weight is 226 g/mol. The van der Waals surface area contributed by atoms with Gasteiger partial charge >= 0.3 is 0 Å². The van der Waals surface area contributed by atoms with Crippen LogP contribution in [-0.2, 0) is 0 Å². The van der Waals surface area contributed by atoms with Gasteiger partial charge in [0.2, 0.25) is 0 Å².